The highest BCUT2D eigenvalue weighted by atomic mass is 35.5. The van der Waals surface area contributed by atoms with Gasteiger partial charge >= 0.3 is 0 Å². The van der Waals surface area contributed by atoms with Crippen molar-refractivity contribution in [3.63, 3.8) is 0 Å². The molecule has 4 aromatic rings. The maximum atomic E-state index is 12.0. The second kappa shape index (κ2) is 18.1. The third kappa shape index (κ3) is 10.3. The number of fused-ring (bicyclic) bond motifs is 6. The Balaban J connectivity index is 0.00000700. The van der Waals surface area contributed by atoms with Crippen LogP contribution in [0.4, 0.5) is 11.4 Å². The minimum Gasteiger partial charge on any atom is -0.870 e. The van der Waals surface area contributed by atoms with E-state index in [9.17, 15) is 51.9 Å². The van der Waals surface area contributed by atoms with Crippen molar-refractivity contribution in [1.82, 2.24) is 0 Å². The standard InChI is InChI=1S/C45H49ClN2O12S4.H2O/c1-44(2)39(47(23-5-7-25-61(49,50)51)37-19-11-31-27-33(63(55,56)57)15-17-35(31)41(37)44)21-13-29-9-10-30(43(29)46)14-22-40-45(3,4)42-36-18-16-34(64(58,59)60)28-32(36)12-20-38(42)48(40)24-6-8-26-62(52,53)54;/h11-22,27-28H,5-10,23-26H2,1-4H3,(H3-,49,50,51,52,53,54,55,56,57,58,59,60);1H2. The zero-order valence-corrected chi connectivity index (χ0v) is 40.1. The zero-order valence-electron chi connectivity index (χ0n) is 36.1. The lowest BCUT2D eigenvalue weighted by Crippen LogP contribution is -2.28. The van der Waals surface area contributed by atoms with Gasteiger partial charge < -0.3 is 10.4 Å². The summed E-state index contributed by atoms with van der Waals surface area (Å²) in [4.78, 5) is 1.66. The Morgan fingerprint density at radius 1 is 0.662 bits per heavy atom. The van der Waals surface area contributed by atoms with Crippen LogP contribution in [0.3, 0.4) is 0 Å². The van der Waals surface area contributed by atoms with Crippen molar-refractivity contribution in [2.75, 3.05) is 29.5 Å². The predicted molar refractivity (Wildman–Crippen MR) is 251 cm³/mol. The number of nitrogens with zero attached hydrogens (tertiary/aromatic N) is 2. The first-order valence-electron chi connectivity index (χ1n) is 20.6. The SMILES string of the molecule is CC1(C)C(/C=C/C2=C(Cl)C(=C\C=C3/N(CCCCS(=O)(=O)O)c4ccc5cc(S(=O)(=O)O)ccc5c4C3(C)C)/CC2)=[N+](CCCCS(=O)(=O)O)c2ccc3cc(S(=O)(=O)O)ccc3c21.[OH-]. The fourth-order valence-electron chi connectivity index (χ4n) is 9.42. The van der Waals surface area contributed by atoms with E-state index in [0.29, 0.717) is 54.6 Å². The number of unbranched alkanes of at least 4 members (excludes halogenated alkanes) is 2. The second-order valence-corrected chi connectivity index (χ2v) is 23.8. The molecule has 15 nitrogen and oxygen atoms in total. The Morgan fingerprint density at radius 2 is 1.22 bits per heavy atom. The summed E-state index contributed by atoms with van der Waals surface area (Å²) in [5.74, 6) is -0.758. The number of allylic oxidation sites excluding steroid dienone is 8. The van der Waals surface area contributed by atoms with E-state index in [-0.39, 0.29) is 39.6 Å². The van der Waals surface area contributed by atoms with E-state index >= 15 is 0 Å². The average molecular weight is 992 g/mol. The van der Waals surface area contributed by atoms with Crippen LogP contribution in [0.15, 0.2) is 117 Å². The van der Waals surface area contributed by atoms with Crippen LogP contribution in [0.25, 0.3) is 21.5 Å². The van der Waals surface area contributed by atoms with Crippen LogP contribution >= 0.6 is 11.6 Å². The van der Waals surface area contributed by atoms with Gasteiger partial charge in [0.1, 0.15) is 6.54 Å². The Hall–Kier alpha value is -4.28. The van der Waals surface area contributed by atoms with Gasteiger partial charge in [-0.05, 0) is 127 Å². The van der Waals surface area contributed by atoms with Gasteiger partial charge in [-0.3, -0.25) is 18.2 Å². The monoisotopic (exact) mass is 990 g/mol. The Kier molecular flexibility index (Phi) is 13.9. The highest BCUT2D eigenvalue weighted by Gasteiger charge is 2.46. The topological polar surface area (TPSA) is 254 Å². The van der Waals surface area contributed by atoms with Crippen molar-refractivity contribution < 1.29 is 61.9 Å². The lowest BCUT2D eigenvalue weighted by Gasteiger charge is -2.27. The summed E-state index contributed by atoms with van der Waals surface area (Å²) in [6.45, 7) is 9.05. The third-order valence-corrected chi connectivity index (χ3v) is 16.2. The van der Waals surface area contributed by atoms with Gasteiger partial charge in [-0.25, -0.2) is 0 Å². The van der Waals surface area contributed by atoms with Crippen molar-refractivity contribution in [3.8, 4) is 0 Å². The van der Waals surface area contributed by atoms with E-state index in [1.54, 1.807) is 24.3 Å². The van der Waals surface area contributed by atoms with E-state index in [4.69, 9.17) is 11.6 Å². The number of benzene rings is 4. The lowest BCUT2D eigenvalue weighted by atomic mass is 9.79. The van der Waals surface area contributed by atoms with Gasteiger partial charge in [-0.2, -0.15) is 38.2 Å². The van der Waals surface area contributed by atoms with Gasteiger partial charge in [0.05, 0.1) is 26.7 Å². The summed E-state index contributed by atoms with van der Waals surface area (Å²) in [7, 11) is -17.2. The van der Waals surface area contributed by atoms with Gasteiger partial charge in [0, 0.05) is 52.5 Å². The highest BCUT2D eigenvalue weighted by molar-refractivity contribution is 7.86. The van der Waals surface area contributed by atoms with Crippen molar-refractivity contribution in [2.24, 2.45) is 0 Å². The van der Waals surface area contributed by atoms with Crippen molar-refractivity contribution >= 4 is 90.7 Å². The molecule has 0 radical (unpaired) electrons. The smallest absolute Gasteiger partial charge is 0.294 e. The molecule has 2 heterocycles. The fourth-order valence-corrected chi connectivity index (χ4v) is 11.9. The van der Waals surface area contributed by atoms with Crippen molar-refractivity contribution in [1.29, 1.82) is 0 Å². The molecule has 65 heavy (non-hydrogen) atoms. The first kappa shape index (κ1) is 50.1. The van der Waals surface area contributed by atoms with Gasteiger partial charge in [0.2, 0.25) is 5.69 Å². The van der Waals surface area contributed by atoms with Crippen LogP contribution in [0.1, 0.15) is 77.3 Å². The van der Waals surface area contributed by atoms with Crippen LogP contribution in [-0.4, -0.2) is 92.2 Å². The van der Waals surface area contributed by atoms with Crippen LogP contribution in [0, 0.1) is 0 Å². The summed E-state index contributed by atoms with van der Waals surface area (Å²) in [5.41, 5.74) is 5.86. The van der Waals surface area contributed by atoms with E-state index < -0.39 is 51.3 Å². The van der Waals surface area contributed by atoms with E-state index in [0.717, 1.165) is 55.8 Å². The summed E-state index contributed by atoms with van der Waals surface area (Å²) >= 11 is 7.15. The molecule has 1 aliphatic carbocycles. The number of rotatable bonds is 15. The predicted octanol–water partition coefficient (Wildman–Crippen LogP) is 8.47. The van der Waals surface area contributed by atoms with Crippen LogP contribution < -0.4 is 4.90 Å². The maximum absolute atomic E-state index is 12.0. The number of hydrogen-bond acceptors (Lipinski definition) is 10. The molecule has 7 rings (SSSR count). The van der Waals surface area contributed by atoms with Crippen molar-refractivity contribution in [2.45, 2.75) is 86.8 Å². The number of anilines is 1. The molecule has 0 spiro atoms. The van der Waals surface area contributed by atoms with Gasteiger partial charge in [-0.1, -0.05) is 55.8 Å². The fraction of sp³-hybridized carbons (Fsp3) is 0.356. The summed E-state index contributed by atoms with van der Waals surface area (Å²) in [6.07, 6.45) is 10.6. The van der Waals surface area contributed by atoms with Crippen LogP contribution in [0.5, 0.6) is 0 Å². The van der Waals surface area contributed by atoms with E-state index in [1.807, 2.05) is 36.4 Å². The van der Waals surface area contributed by atoms with Crippen molar-refractivity contribution in [3.05, 3.63) is 118 Å². The van der Waals surface area contributed by atoms with E-state index in [1.165, 1.54) is 24.3 Å². The molecule has 0 bridgehead atoms. The summed E-state index contributed by atoms with van der Waals surface area (Å²) in [5, 5.41) is 3.39. The Morgan fingerprint density at radius 3 is 1.78 bits per heavy atom. The molecule has 4 aromatic carbocycles. The molecular formula is C45H51ClN2O13S4. The molecule has 350 valence electrons. The first-order valence-corrected chi connectivity index (χ1v) is 27.1. The largest absolute Gasteiger partial charge is 0.870 e. The molecule has 0 saturated carbocycles. The van der Waals surface area contributed by atoms with Gasteiger partial charge in [-0.15, -0.1) is 0 Å². The van der Waals surface area contributed by atoms with Crippen LogP contribution in [-0.2, 0) is 51.3 Å². The molecule has 0 fully saturated rings. The Labute approximate surface area is 384 Å². The lowest BCUT2D eigenvalue weighted by molar-refractivity contribution is -0.438. The van der Waals surface area contributed by atoms with Gasteiger partial charge in [0.25, 0.3) is 40.5 Å². The molecule has 0 amide bonds. The molecule has 0 aromatic heterocycles. The highest BCUT2D eigenvalue weighted by Crippen LogP contribution is 2.51. The molecule has 3 aliphatic rings. The minimum atomic E-state index is -4.44. The summed E-state index contributed by atoms with van der Waals surface area (Å²) in [6, 6.07) is 16.3. The van der Waals surface area contributed by atoms with Gasteiger partial charge in [0.15, 0.2) is 5.71 Å². The third-order valence-electron chi connectivity index (χ3n) is 12.4. The molecule has 2 aliphatic heterocycles. The zero-order chi connectivity index (χ0) is 46.8. The first-order chi connectivity index (χ1) is 29.7. The van der Waals surface area contributed by atoms with E-state index in [2.05, 4.69) is 37.2 Å². The molecule has 5 N–H and O–H groups in total. The second-order valence-electron chi connectivity index (χ2n) is 17.5. The van der Waals surface area contributed by atoms with Crippen LogP contribution in [0.2, 0.25) is 0 Å². The maximum Gasteiger partial charge on any atom is 0.294 e. The minimum absolute atomic E-state index is 0. The normalized spacial score (nSPS) is 18.8. The molecule has 0 atom stereocenters. The number of halogens is 1. The molecule has 0 saturated heterocycles. The molecule has 0 unspecified atom stereocenters. The quantitative estimate of drug-likeness (QED) is 0.0495. The average Bonchev–Trinajstić information content (AvgIpc) is 3.73. The molecular weight excluding hydrogens is 940 g/mol. The Bertz CT molecular complexity index is 3240. The number of hydrogen-bond donors (Lipinski definition) is 4. The summed E-state index contributed by atoms with van der Waals surface area (Å²) < 4.78 is 134. The molecule has 20 heteroatoms.